The topological polar surface area (TPSA) is 85.8 Å². The molecule has 0 radical (unpaired) electrons. The van der Waals surface area contributed by atoms with Gasteiger partial charge < -0.3 is 5.11 Å². The van der Waals surface area contributed by atoms with Crippen LogP contribution in [-0.4, -0.2) is 28.4 Å². The zero-order valence-corrected chi connectivity index (χ0v) is 8.70. The molecular formula is C11H8N3O3+. The van der Waals surface area contributed by atoms with Crippen molar-refractivity contribution in [3.05, 3.63) is 52.3 Å². The summed E-state index contributed by atoms with van der Waals surface area (Å²) in [6, 6.07) is 6.41. The average Bonchev–Trinajstić information content (AvgIpc) is 2.56. The highest BCUT2D eigenvalue weighted by Crippen LogP contribution is 2.22. The summed E-state index contributed by atoms with van der Waals surface area (Å²) in [5.74, 6) is -1.31. The van der Waals surface area contributed by atoms with Gasteiger partial charge in [0.15, 0.2) is 4.98 Å². The van der Waals surface area contributed by atoms with Crippen LogP contribution in [0.1, 0.15) is 20.7 Å². The molecule has 1 N–H and O–H groups in total. The van der Waals surface area contributed by atoms with Crippen LogP contribution in [0.4, 0.5) is 0 Å². The molecule has 0 saturated carbocycles. The van der Waals surface area contributed by atoms with Crippen LogP contribution >= 0.6 is 0 Å². The molecule has 0 aromatic heterocycles. The highest BCUT2D eigenvalue weighted by Gasteiger charge is 2.35. The second kappa shape index (κ2) is 4.06. The van der Waals surface area contributed by atoms with E-state index in [1.165, 1.54) is 0 Å². The zero-order valence-electron chi connectivity index (χ0n) is 8.70. The van der Waals surface area contributed by atoms with Crippen LogP contribution in [0.5, 0.6) is 0 Å². The van der Waals surface area contributed by atoms with Gasteiger partial charge in [-0.3, -0.25) is 14.5 Å². The number of benzene rings is 1. The lowest BCUT2D eigenvalue weighted by molar-refractivity contribution is 0.0651. The zero-order chi connectivity index (χ0) is 12.4. The van der Waals surface area contributed by atoms with Crippen molar-refractivity contribution < 1.29 is 14.7 Å². The smallest absolute Gasteiger partial charge is 0.389 e. The maximum Gasteiger partial charge on any atom is 0.389 e. The molecule has 6 nitrogen and oxygen atoms in total. The molecule has 84 valence electrons. The lowest BCUT2D eigenvalue weighted by atomic mass is 10.1. The van der Waals surface area contributed by atoms with E-state index in [0.29, 0.717) is 11.1 Å². The molecule has 0 spiro atoms. The van der Waals surface area contributed by atoms with E-state index in [1.54, 1.807) is 24.3 Å². The number of diazo groups is 1. The maximum atomic E-state index is 11.8. The van der Waals surface area contributed by atoms with E-state index in [-0.39, 0.29) is 12.3 Å². The van der Waals surface area contributed by atoms with Crippen molar-refractivity contribution in [2.75, 3.05) is 6.54 Å². The normalized spacial score (nSPS) is 14.8. The molecule has 0 saturated heterocycles. The molecule has 0 unspecified atom stereocenters. The van der Waals surface area contributed by atoms with Gasteiger partial charge in [0.05, 0.1) is 17.7 Å². The number of hydrogen-bond acceptors (Lipinski definition) is 4. The van der Waals surface area contributed by atoms with Crippen molar-refractivity contribution in [3.63, 3.8) is 0 Å². The molecule has 6 heteroatoms. The van der Waals surface area contributed by atoms with Crippen molar-refractivity contribution in [2.45, 2.75) is 0 Å². The minimum atomic E-state index is -0.469. The Hall–Kier alpha value is -2.68. The van der Waals surface area contributed by atoms with Gasteiger partial charge in [-0.1, -0.05) is 12.1 Å². The Bertz CT molecular complexity index is 537. The second-order valence-corrected chi connectivity index (χ2v) is 3.48. The summed E-state index contributed by atoms with van der Waals surface area (Å²) in [6.45, 7) is -0.309. The van der Waals surface area contributed by atoms with Gasteiger partial charge in [0, 0.05) is 0 Å². The van der Waals surface area contributed by atoms with E-state index in [1.807, 2.05) is 0 Å². The van der Waals surface area contributed by atoms with Crippen molar-refractivity contribution in [2.24, 2.45) is 0 Å². The molecule has 1 aliphatic heterocycles. The predicted molar refractivity (Wildman–Crippen MR) is 57.6 cm³/mol. The molecule has 2 rings (SSSR count). The Balaban J connectivity index is 2.31. The fraction of sp³-hybridized carbons (Fsp3) is 0.0909. The van der Waals surface area contributed by atoms with Crippen LogP contribution in [0.25, 0.3) is 4.98 Å². The number of fused-ring (bicyclic) bond motifs is 1. The molecule has 0 atom stereocenters. The molecule has 2 amide bonds. The molecule has 1 aliphatic rings. The number of carbonyl (C=O) groups is 2. The quantitative estimate of drug-likeness (QED) is 0.474. The number of imide groups is 1. The number of nitrogens with zero attached hydrogens (tertiary/aromatic N) is 3. The van der Waals surface area contributed by atoms with Gasteiger partial charge >= 0.3 is 6.20 Å². The van der Waals surface area contributed by atoms with Gasteiger partial charge in [-0.25, -0.2) is 0 Å². The van der Waals surface area contributed by atoms with Gasteiger partial charge in [0.2, 0.25) is 11.2 Å². The first-order valence-corrected chi connectivity index (χ1v) is 4.82. The lowest BCUT2D eigenvalue weighted by Crippen LogP contribution is -2.31. The number of aliphatic hydroxyl groups is 1. The van der Waals surface area contributed by atoms with Gasteiger partial charge in [-0.05, 0) is 12.1 Å². The Morgan fingerprint density at radius 3 is 2.29 bits per heavy atom. The van der Waals surface area contributed by atoms with E-state index in [0.717, 1.165) is 11.1 Å². The van der Waals surface area contributed by atoms with Crippen LogP contribution in [0, 0.1) is 5.39 Å². The Labute approximate surface area is 96.4 Å². The predicted octanol–water partition coefficient (Wildman–Crippen LogP) is 1.54. The maximum absolute atomic E-state index is 11.8. The monoisotopic (exact) mass is 230 g/mol. The summed E-state index contributed by atoms with van der Waals surface area (Å²) in [5, 5.41) is 17.5. The Kier molecular flexibility index (Phi) is 2.58. The third-order valence-electron chi connectivity index (χ3n) is 2.41. The first-order chi connectivity index (χ1) is 8.15. The van der Waals surface area contributed by atoms with E-state index in [9.17, 15) is 14.7 Å². The largest absolute Gasteiger partial charge is 0.504 e. The number of rotatable bonds is 2. The highest BCUT2D eigenvalue weighted by atomic mass is 16.3. The summed E-state index contributed by atoms with van der Waals surface area (Å²) >= 11 is 0. The summed E-state index contributed by atoms with van der Waals surface area (Å²) in [4.78, 5) is 27.1. The van der Waals surface area contributed by atoms with Crippen LogP contribution in [0.2, 0.25) is 0 Å². The van der Waals surface area contributed by atoms with E-state index in [2.05, 4.69) is 4.98 Å². The lowest BCUT2D eigenvalue weighted by Gasteiger charge is -2.10. The Morgan fingerprint density at radius 2 is 1.82 bits per heavy atom. The first-order valence-electron chi connectivity index (χ1n) is 4.82. The standard InChI is InChI=1S/C11H7N3O3/c12-13-5-7(15)6-14-10(16)8-3-1-2-4-9(8)11(14)17/h1-5H,6H2/p+1. The molecule has 1 heterocycles. The van der Waals surface area contributed by atoms with E-state index < -0.39 is 11.8 Å². The van der Waals surface area contributed by atoms with E-state index in [4.69, 9.17) is 5.39 Å². The van der Waals surface area contributed by atoms with E-state index >= 15 is 0 Å². The molecule has 0 aliphatic carbocycles. The SMILES string of the molecule is N#[N+]C=C(O)CN1C(=O)c2ccccc2C1=O. The van der Waals surface area contributed by atoms with Crippen molar-refractivity contribution >= 4 is 11.8 Å². The van der Waals surface area contributed by atoms with Crippen molar-refractivity contribution in [1.82, 2.24) is 4.90 Å². The number of amides is 2. The summed E-state index contributed by atoms with van der Waals surface area (Å²) in [6.07, 6.45) is 0.767. The van der Waals surface area contributed by atoms with Crippen LogP contribution in [0.3, 0.4) is 0 Å². The molecule has 0 bridgehead atoms. The highest BCUT2D eigenvalue weighted by molar-refractivity contribution is 6.21. The minimum absolute atomic E-state index is 0.309. The van der Waals surface area contributed by atoms with Gasteiger partial charge in [0.25, 0.3) is 11.8 Å². The van der Waals surface area contributed by atoms with Crippen molar-refractivity contribution in [3.8, 4) is 0 Å². The molecule has 17 heavy (non-hydrogen) atoms. The summed E-state index contributed by atoms with van der Waals surface area (Å²) < 4.78 is 0. The molecule has 1 aromatic rings. The summed E-state index contributed by atoms with van der Waals surface area (Å²) in [7, 11) is 0. The molecular weight excluding hydrogens is 222 g/mol. The molecule has 0 fully saturated rings. The number of carbonyl (C=O) groups excluding carboxylic acids is 2. The Morgan fingerprint density at radius 1 is 1.29 bits per heavy atom. The average molecular weight is 230 g/mol. The summed E-state index contributed by atoms with van der Waals surface area (Å²) in [5.41, 5.74) is 0.623. The number of hydrogen-bond donors (Lipinski definition) is 1. The third-order valence-corrected chi connectivity index (χ3v) is 2.41. The van der Waals surface area contributed by atoms with Gasteiger partial charge in [-0.15, -0.1) is 0 Å². The van der Waals surface area contributed by atoms with Crippen molar-refractivity contribution in [1.29, 1.82) is 5.39 Å². The fourth-order valence-electron chi connectivity index (χ4n) is 1.65. The van der Waals surface area contributed by atoms with Gasteiger partial charge in [-0.2, -0.15) is 0 Å². The minimum Gasteiger partial charge on any atom is -0.504 e. The third kappa shape index (κ3) is 1.74. The molecule has 1 aromatic carbocycles. The number of aliphatic hydroxyl groups excluding tert-OH is 1. The van der Waals surface area contributed by atoms with Crippen LogP contribution in [0.15, 0.2) is 36.2 Å². The second-order valence-electron chi connectivity index (χ2n) is 3.48. The van der Waals surface area contributed by atoms with Crippen LogP contribution in [-0.2, 0) is 0 Å². The van der Waals surface area contributed by atoms with Gasteiger partial charge in [0.1, 0.15) is 0 Å². The van der Waals surface area contributed by atoms with Crippen LogP contribution < -0.4 is 0 Å². The first kappa shape index (κ1) is 10.8. The fourth-order valence-corrected chi connectivity index (χ4v) is 1.65.